The lowest BCUT2D eigenvalue weighted by Gasteiger charge is -2.26. The minimum Gasteiger partial charge on any atom is -0.465 e. The summed E-state index contributed by atoms with van der Waals surface area (Å²) in [6, 6.07) is 10.6. The van der Waals surface area contributed by atoms with E-state index in [0.29, 0.717) is 27.5 Å². The molecule has 0 bridgehead atoms. The number of rotatable bonds is 4. The molecule has 1 aromatic carbocycles. The average Bonchev–Trinajstić information content (AvgIpc) is 3.28. The maximum atomic E-state index is 12.9. The van der Waals surface area contributed by atoms with Gasteiger partial charge in [-0.3, -0.25) is 0 Å². The van der Waals surface area contributed by atoms with E-state index in [0.717, 1.165) is 5.56 Å². The van der Waals surface area contributed by atoms with Gasteiger partial charge in [0.25, 0.3) is 0 Å². The first kappa shape index (κ1) is 16.5. The molecule has 4 rings (SSSR count). The molecule has 0 amide bonds. The molecule has 26 heavy (non-hydrogen) atoms. The lowest BCUT2D eigenvalue weighted by Crippen LogP contribution is -2.29. The number of furan rings is 1. The summed E-state index contributed by atoms with van der Waals surface area (Å²) in [5.41, 5.74) is 1.90. The van der Waals surface area contributed by atoms with Gasteiger partial charge in [0, 0.05) is 5.70 Å². The highest BCUT2D eigenvalue weighted by Gasteiger charge is 2.37. The molecule has 0 fully saturated rings. The summed E-state index contributed by atoms with van der Waals surface area (Å²) in [6.07, 6.45) is 1.54. The van der Waals surface area contributed by atoms with E-state index >= 15 is 0 Å². The number of ether oxygens (including phenoxy) is 1. The number of aromatic nitrogens is 4. The molecule has 3 heterocycles. The molecule has 9 heteroatoms. The molecule has 0 saturated heterocycles. The van der Waals surface area contributed by atoms with E-state index in [1.807, 2.05) is 30.3 Å². The maximum Gasteiger partial charge on any atom is 0.338 e. The van der Waals surface area contributed by atoms with Crippen molar-refractivity contribution < 1.29 is 13.9 Å². The molecule has 0 spiro atoms. The maximum absolute atomic E-state index is 12.9. The topological polar surface area (TPSA) is 95.1 Å². The van der Waals surface area contributed by atoms with E-state index in [-0.39, 0.29) is 6.61 Å². The van der Waals surface area contributed by atoms with Crippen LogP contribution in [-0.4, -0.2) is 26.2 Å². The van der Waals surface area contributed by atoms with E-state index < -0.39 is 12.0 Å². The quantitative estimate of drug-likeness (QED) is 0.654. The van der Waals surface area contributed by atoms with Crippen molar-refractivity contribution in [3.8, 4) is 0 Å². The van der Waals surface area contributed by atoms with Gasteiger partial charge in [-0.25, -0.2) is 4.79 Å². The molecule has 132 valence electrons. The number of benzene rings is 1. The van der Waals surface area contributed by atoms with Crippen molar-refractivity contribution in [1.82, 2.24) is 20.2 Å². The standard InChI is InChI=1S/C17H14BrN5O3/c1-10-13(16(24)26-9-11-5-3-2-4-6-11)14(15-12(18)7-8-25-15)23-17(19-10)20-21-22-23/h2-8,14H,9H2,1H3,(H,19,20,22). The van der Waals surface area contributed by atoms with Crippen molar-refractivity contribution in [1.29, 1.82) is 0 Å². The van der Waals surface area contributed by atoms with Crippen LogP contribution in [0.15, 0.2) is 62.8 Å². The van der Waals surface area contributed by atoms with Crippen molar-refractivity contribution in [2.24, 2.45) is 0 Å². The van der Waals surface area contributed by atoms with Crippen molar-refractivity contribution in [2.75, 3.05) is 5.32 Å². The van der Waals surface area contributed by atoms with E-state index in [4.69, 9.17) is 9.15 Å². The van der Waals surface area contributed by atoms with Gasteiger partial charge >= 0.3 is 5.97 Å². The summed E-state index contributed by atoms with van der Waals surface area (Å²) in [4.78, 5) is 12.9. The highest BCUT2D eigenvalue weighted by atomic mass is 79.9. The van der Waals surface area contributed by atoms with Gasteiger partial charge in [0.05, 0.1) is 16.3 Å². The third-order valence-corrected chi connectivity index (χ3v) is 4.70. The third kappa shape index (κ3) is 2.90. The predicted molar refractivity (Wildman–Crippen MR) is 94.9 cm³/mol. The summed E-state index contributed by atoms with van der Waals surface area (Å²) in [6.45, 7) is 1.95. The average molecular weight is 416 g/mol. The van der Waals surface area contributed by atoms with Crippen LogP contribution in [0.1, 0.15) is 24.3 Å². The molecule has 1 aliphatic rings. The summed E-state index contributed by atoms with van der Waals surface area (Å²) in [5.74, 6) is 0.481. The normalized spacial score (nSPS) is 16.2. The number of halogens is 1. The Hall–Kier alpha value is -2.94. The number of allylic oxidation sites excluding steroid dienone is 1. The Kier molecular flexibility index (Phi) is 4.29. The Morgan fingerprint density at radius 3 is 2.88 bits per heavy atom. The molecule has 0 aliphatic carbocycles. The molecule has 1 aliphatic heterocycles. The van der Waals surface area contributed by atoms with Crippen molar-refractivity contribution >= 4 is 27.8 Å². The summed E-state index contributed by atoms with van der Waals surface area (Å²) >= 11 is 3.44. The van der Waals surface area contributed by atoms with Gasteiger partial charge in [-0.1, -0.05) is 35.4 Å². The summed E-state index contributed by atoms with van der Waals surface area (Å²) in [5, 5.41) is 14.6. The first-order valence-electron chi connectivity index (χ1n) is 7.84. The van der Waals surface area contributed by atoms with Crippen molar-refractivity contribution in [3.05, 3.63) is 69.7 Å². The number of nitrogens with one attached hydrogen (secondary N) is 1. The molecule has 1 N–H and O–H groups in total. The highest BCUT2D eigenvalue weighted by Crippen LogP contribution is 2.38. The van der Waals surface area contributed by atoms with Gasteiger partial charge in [0.1, 0.15) is 12.4 Å². The number of carbonyl (C=O) groups is 1. The molecule has 0 saturated carbocycles. The largest absolute Gasteiger partial charge is 0.465 e. The van der Waals surface area contributed by atoms with Gasteiger partial charge in [-0.05, 0) is 44.9 Å². The second kappa shape index (κ2) is 6.75. The predicted octanol–water partition coefficient (Wildman–Crippen LogP) is 3.06. The van der Waals surface area contributed by atoms with Gasteiger partial charge in [0.2, 0.25) is 5.95 Å². The lowest BCUT2D eigenvalue weighted by atomic mass is 10.0. The first-order valence-corrected chi connectivity index (χ1v) is 8.64. The summed E-state index contributed by atoms with van der Waals surface area (Å²) < 4.78 is 13.3. The van der Waals surface area contributed by atoms with Gasteiger partial charge in [-0.15, -0.1) is 0 Å². The number of hydrogen-bond donors (Lipinski definition) is 1. The third-order valence-electron chi connectivity index (χ3n) is 4.04. The number of nitrogens with zero attached hydrogens (tertiary/aromatic N) is 4. The van der Waals surface area contributed by atoms with Crippen LogP contribution in [0.5, 0.6) is 0 Å². The Balaban J connectivity index is 1.68. The van der Waals surface area contributed by atoms with Crippen molar-refractivity contribution in [3.63, 3.8) is 0 Å². The first-order chi connectivity index (χ1) is 12.6. The molecule has 3 aromatic rings. The Labute approximate surface area is 157 Å². The van der Waals surface area contributed by atoms with Crippen LogP contribution in [0.4, 0.5) is 5.95 Å². The smallest absolute Gasteiger partial charge is 0.338 e. The molecule has 1 atom stereocenters. The molecule has 2 aromatic heterocycles. The second-order valence-corrected chi connectivity index (χ2v) is 6.56. The van der Waals surface area contributed by atoms with Gasteiger partial charge in [0.15, 0.2) is 6.04 Å². The fraction of sp³-hybridized carbons (Fsp3) is 0.176. The van der Waals surface area contributed by atoms with Gasteiger partial charge < -0.3 is 14.5 Å². The highest BCUT2D eigenvalue weighted by molar-refractivity contribution is 9.10. The number of fused-ring (bicyclic) bond motifs is 1. The number of anilines is 1. The van der Waals surface area contributed by atoms with Crippen LogP contribution in [0.3, 0.4) is 0 Å². The molecule has 0 radical (unpaired) electrons. The second-order valence-electron chi connectivity index (χ2n) is 5.71. The van der Waals surface area contributed by atoms with Crippen LogP contribution in [0.2, 0.25) is 0 Å². The van der Waals surface area contributed by atoms with E-state index in [9.17, 15) is 4.79 Å². The number of hydrogen-bond acceptors (Lipinski definition) is 7. The minimum atomic E-state index is -0.631. The van der Waals surface area contributed by atoms with Crippen LogP contribution in [-0.2, 0) is 16.1 Å². The zero-order valence-corrected chi connectivity index (χ0v) is 15.3. The van der Waals surface area contributed by atoms with Crippen LogP contribution in [0.25, 0.3) is 0 Å². The molecular formula is C17H14BrN5O3. The monoisotopic (exact) mass is 415 g/mol. The SMILES string of the molecule is CC1=C(C(=O)OCc2ccccc2)C(c2occc2Br)n2nnnc2N1. The fourth-order valence-electron chi connectivity index (χ4n) is 2.82. The minimum absolute atomic E-state index is 0.172. The zero-order chi connectivity index (χ0) is 18.1. The zero-order valence-electron chi connectivity index (χ0n) is 13.7. The molecular weight excluding hydrogens is 402 g/mol. The van der Waals surface area contributed by atoms with Crippen LogP contribution in [0, 0.1) is 0 Å². The number of carbonyl (C=O) groups excluding carboxylic acids is 1. The van der Waals surface area contributed by atoms with Gasteiger partial charge in [-0.2, -0.15) is 4.68 Å². The van der Waals surface area contributed by atoms with E-state index in [1.54, 1.807) is 13.0 Å². The van der Waals surface area contributed by atoms with Crippen molar-refractivity contribution in [2.45, 2.75) is 19.6 Å². The Morgan fingerprint density at radius 1 is 1.35 bits per heavy atom. The Bertz CT molecular complexity index is 979. The molecule has 8 nitrogen and oxygen atoms in total. The van der Waals surface area contributed by atoms with E-state index in [2.05, 4.69) is 36.8 Å². The van der Waals surface area contributed by atoms with Crippen LogP contribution >= 0.6 is 15.9 Å². The number of esters is 1. The molecule has 1 unspecified atom stereocenters. The lowest BCUT2D eigenvalue weighted by molar-refractivity contribution is -0.140. The number of tetrazole rings is 1. The Morgan fingerprint density at radius 2 is 2.15 bits per heavy atom. The fourth-order valence-corrected chi connectivity index (χ4v) is 3.24. The summed E-state index contributed by atoms with van der Waals surface area (Å²) in [7, 11) is 0. The van der Waals surface area contributed by atoms with E-state index in [1.165, 1.54) is 10.9 Å². The van der Waals surface area contributed by atoms with Crippen LogP contribution < -0.4 is 5.32 Å².